The number of aromatic nitrogens is 1. The average molecular weight is 285 g/mol. The highest BCUT2D eigenvalue weighted by atomic mass is 16.5. The van der Waals surface area contributed by atoms with E-state index in [0.717, 1.165) is 11.3 Å². The van der Waals surface area contributed by atoms with Gasteiger partial charge < -0.3 is 15.2 Å². The average Bonchev–Trinajstić information content (AvgIpc) is 2.40. The Bertz CT molecular complexity index is 669. The smallest absolute Gasteiger partial charge is 0.230 e. The zero-order valence-electron chi connectivity index (χ0n) is 12.4. The number of nitrogens with zero attached hydrogens (tertiary/aromatic N) is 1. The fourth-order valence-electron chi connectivity index (χ4n) is 2.12. The summed E-state index contributed by atoms with van der Waals surface area (Å²) in [6.07, 6.45) is 0. The minimum atomic E-state index is -0.0658. The van der Waals surface area contributed by atoms with Crippen molar-refractivity contribution >= 4 is 5.84 Å². The molecular formula is C16H19N3O2. The summed E-state index contributed by atoms with van der Waals surface area (Å²) in [5.74, 6) is 1.45. The molecule has 0 aliphatic carbocycles. The van der Waals surface area contributed by atoms with E-state index < -0.39 is 0 Å². The lowest BCUT2D eigenvalue weighted by atomic mass is 10.1. The molecule has 21 heavy (non-hydrogen) atoms. The first-order valence-corrected chi connectivity index (χ1v) is 6.75. The lowest BCUT2D eigenvalue weighted by Gasteiger charge is -2.15. The van der Waals surface area contributed by atoms with Crippen LogP contribution in [0.5, 0.6) is 17.4 Å². The Morgan fingerprint density at radius 3 is 2.52 bits per heavy atom. The fourth-order valence-corrected chi connectivity index (χ4v) is 2.12. The molecule has 1 aromatic carbocycles. The predicted molar refractivity (Wildman–Crippen MR) is 82.4 cm³/mol. The molecular weight excluding hydrogens is 266 g/mol. The Morgan fingerprint density at radius 2 is 1.90 bits per heavy atom. The molecule has 110 valence electrons. The van der Waals surface area contributed by atoms with Gasteiger partial charge in [-0.25, -0.2) is 4.98 Å². The van der Waals surface area contributed by atoms with Gasteiger partial charge in [0.05, 0.1) is 12.2 Å². The Hall–Kier alpha value is -2.56. The first-order chi connectivity index (χ1) is 10.0. The first kappa shape index (κ1) is 14.8. The Morgan fingerprint density at radius 1 is 1.24 bits per heavy atom. The molecule has 2 aromatic rings. The summed E-state index contributed by atoms with van der Waals surface area (Å²) in [4.78, 5) is 4.35. The van der Waals surface area contributed by atoms with Crippen molar-refractivity contribution in [1.82, 2.24) is 4.98 Å². The Kier molecular flexibility index (Phi) is 4.42. The van der Waals surface area contributed by atoms with E-state index in [0.29, 0.717) is 29.5 Å². The van der Waals surface area contributed by atoms with Crippen LogP contribution in [0.15, 0.2) is 30.3 Å². The molecule has 0 saturated heterocycles. The number of aryl methyl sites for hydroxylation is 2. The van der Waals surface area contributed by atoms with Crippen molar-refractivity contribution in [3.05, 3.63) is 47.2 Å². The van der Waals surface area contributed by atoms with E-state index in [2.05, 4.69) is 4.98 Å². The third-order valence-corrected chi connectivity index (χ3v) is 2.94. The van der Waals surface area contributed by atoms with Gasteiger partial charge in [0.15, 0.2) is 11.5 Å². The Labute approximate surface area is 124 Å². The number of hydrogen-bond acceptors (Lipinski definition) is 4. The van der Waals surface area contributed by atoms with Crippen LogP contribution in [-0.2, 0) is 0 Å². The van der Waals surface area contributed by atoms with Crippen molar-refractivity contribution in [2.45, 2.75) is 20.8 Å². The van der Waals surface area contributed by atoms with Crippen molar-refractivity contribution in [2.75, 3.05) is 6.61 Å². The maximum absolute atomic E-state index is 7.71. The van der Waals surface area contributed by atoms with Crippen LogP contribution in [0.1, 0.15) is 23.7 Å². The molecule has 1 aromatic heterocycles. The molecule has 0 bridgehead atoms. The van der Waals surface area contributed by atoms with Gasteiger partial charge in [-0.05, 0) is 44.5 Å². The molecule has 5 nitrogen and oxygen atoms in total. The van der Waals surface area contributed by atoms with E-state index >= 15 is 0 Å². The largest absolute Gasteiger partial charge is 0.490 e. The van der Waals surface area contributed by atoms with Crippen LogP contribution < -0.4 is 15.2 Å². The quantitative estimate of drug-likeness (QED) is 0.653. The van der Waals surface area contributed by atoms with Gasteiger partial charge in [-0.1, -0.05) is 12.1 Å². The van der Waals surface area contributed by atoms with Crippen molar-refractivity contribution in [3.8, 4) is 17.4 Å². The molecule has 0 aliphatic rings. The number of hydrogen-bond donors (Lipinski definition) is 2. The van der Waals surface area contributed by atoms with Crippen LogP contribution in [0.4, 0.5) is 0 Å². The third kappa shape index (κ3) is 3.31. The summed E-state index contributed by atoms with van der Waals surface area (Å²) in [6, 6.07) is 9.23. The SMILES string of the molecule is CCOc1ccccc1Oc1nc(C)cc(C)c1C(=N)N. The topological polar surface area (TPSA) is 81.2 Å². The second-order valence-electron chi connectivity index (χ2n) is 4.66. The maximum atomic E-state index is 7.71. The van der Waals surface area contributed by atoms with E-state index in [-0.39, 0.29) is 5.84 Å². The van der Waals surface area contributed by atoms with Gasteiger partial charge in [-0.2, -0.15) is 0 Å². The highest BCUT2D eigenvalue weighted by molar-refractivity contribution is 5.98. The summed E-state index contributed by atoms with van der Waals surface area (Å²) in [7, 11) is 0. The number of rotatable bonds is 5. The molecule has 0 radical (unpaired) electrons. The molecule has 0 saturated carbocycles. The number of benzene rings is 1. The zero-order chi connectivity index (χ0) is 15.4. The third-order valence-electron chi connectivity index (χ3n) is 2.94. The van der Waals surface area contributed by atoms with Crippen LogP contribution in [0.25, 0.3) is 0 Å². The van der Waals surface area contributed by atoms with Gasteiger partial charge in [0, 0.05) is 5.69 Å². The molecule has 0 amide bonds. The summed E-state index contributed by atoms with van der Waals surface area (Å²) >= 11 is 0. The predicted octanol–water partition coefficient (Wildman–Crippen LogP) is 3.17. The number of pyridine rings is 1. The highest BCUT2D eigenvalue weighted by Gasteiger charge is 2.15. The van der Waals surface area contributed by atoms with E-state index in [1.54, 1.807) is 6.07 Å². The van der Waals surface area contributed by atoms with Gasteiger partial charge in [0.1, 0.15) is 5.84 Å². The molecule has 0 aliphatic heterocycles. The number of amidine groups is 1. The standard InChI is InChI=1S/C16H19N3O2/c1-4-20-12-7-5-6-8-13(12)21-16-14(15(17)18)10(2)9-11(3)19-16/h5-9H,4H2,1-3H3,(H3,17,18). The summed E-state index contributed by atoms with van der Waals surface area (Å²) in [5.41, 5.74) is 7.82. The molecule has 3 N–H and O–H groups in total. The maximum Gasteiger partial charge on any atom is 0.230 e. The van der Waals surface area contributed by atoms with E-state index in [9.17, 15) is 0 Å². The van der Waals surface area contributed by atoms with Gasteiger partial charge in [-0.3, -0.25) is 5.41 Å². The molecule has 2 rings (SSSR count). The van der Waals surface area contributed by atoms with Crippen molar-refractivity contribution in [1.29, 1.82) is 5.41 Å². The first-order valence-electron chi connectivity index (χ1n) is 6.75. The lowest BCUT2D eigenvalue weighted by Crippen LogP contribution is -2.15. The molecule has 0 spiro atoms. The van der Waals surface area contributed by atoms with E-state index in [4.69, 9.17) is 20.6 Å². The minimum absolute atomic E-state index is 0.0658. The lowest BCUT2D eigenvalue weighted by molar-refractivity contribution is 0.319. The summed E-state index contributed by atoms with van der Waals surface area (Å²) in [5, 5.41) is 7.71. The normalized spacial score (nSPS) is 10.2. The number of nitrogen functional groups attached to an aromatic ring is 1. The molecule has 5 heteroatoms. The van der Waals surface area contributed by atoms with Crippen molar-refractivity contribution in [3.63, 3.8) is 0 Å². The van der Waals surface area contributed by atoms with Crippen LogP contribution in [0.3, 0.4) is 0 Å². The zero-order valence-corrected chi connectivity index (χ0v) is 12.4. The van der Waals surface area contributed by atoms with Gasteiger partial charge in [0.2, 0.25) is 5.88 Å². The van der Waals surface area contributed by atoms with Gasteiger partial charge >= 0.3 is 0 Å². The van der Waals surface area contributed by atoms with Crippen LogP contribution in [0, 0.1) is 19.3 Å². The van der Waals surface area contributed by atoms with Crippen LogP contribution in [-0.4, -0.2) is 17.4 Å². The minimum Gasteiger partial charge on any atom is -0.490 e. The van der Waals surface area contributed by atoms with Crippen LogP contribution >= 0.6 is 0 Å². The monoisotopic (exact) mass is 285 g/mol. The molecule has 0 fully saturated rings. The number of para-hydroxylation sites is 2. The van der Waals surface area contributed by atoms with Crippen LogP contribution in [0.2, 0.25) is 0 Å². The highest BCUT2D eigenvalue weighted by Crippen LogP contribution is 2.32. The van der Waals surface area contributed by atoms with Crippen molar-refractivity contribution in [2.24, 2.45) is 5.73 Å². The summed E-state index contributed by atoms with van der Waals surface area (Å²) in [6.45, 7) is 6.21. The van der Waals surface area contributed by atoms with E-state index in [1.165, 1.54) is 0 Å². The Balaban J connectivity index is 2.47. The van der Waals surface area contributed by atoms with Gasteiger partial charge in [0.25, 0.3) is 0 Å². The molecule has 0 unspecified atom stereocenters. The fraction of sp³-hybridized carbons (Fsp3) is 0.250. The second kappa shape index (κ2) is 6.26. The van der Waals surface area contributed by atoms with Crippen molar-refractivity contribution < 1.29 is 9.47 Å². The molecule has 1 heterocycles. The number of nitrogens with two attached hydrogens (primary N) is 1. The number of nitrogens with one attached hydrogen (secondary N) is 1. The number of ether oxygens (including phenoxy) is 2. The second-order valence-corrected chi connectivity index (χ2v) is 4.66. The summed E-state index contributed by atoms with van der Waals surface area (Å²) < 4.78 is 11.4. The van der Waals surface area contributed by atoms with E-state index in [1.807, 2.05) is 45.0 Å². The van der Waals surface area contributed by atoms with Gasteiger partial charge in [-0.15, -0.1) is 0 Å². The molecule has 0 atom stereocenters.